The highest BCUT2D eigenvalue weighted by atomic mass is 32.1. The summed E-state index contributed by atoms with van der Waals surface area (Å²) in [6.45, 7) is 1.96. The first-order valence-corrected chi connectivity index (χ1v) is 25.2. The maximum Gasteiger partial charge on any atom is 0.326 e. The molecule has 0 spiro atoms. The summed E-state index contributed by atoms with van der Waals surface area (Å²) in [5.74, 6) is -9.09. The lowest BCUT2D eigenvalue weighted by Crippen LogP contribution is -2.61. The number of rotatable bonds is 14. The molecule has 0 saturated heterocycles. The van der Waals surface area contributed by atoms with E-state index in [1.807, 2.05) is 42.5 Å². The molecule has 2 aliphatic rings. The van der Waals surface area contributed by atoms with E-state index in [0.29, 0.717) is 27.1 Å². The van der Waals surface area contributed by atoms with E-state index < -0.39 is 95.8 Å². The molecule has 0 aliphatic carbocycles. The van der Waals surface area contributed by atoms with E-state index in [4.69, 9.17) is 9.47 Å². The number of fused-ring (bicyclic) bond motifs is 18. The van der Waals surface area contributed by atoms with Crippen molar-refractivity contribution in [2.24, 2.45) is 0 Å². The van der Waals surface area contributed by atoms with Gasteiger partial charge in [-0.3, -0.25) is 38.4 Å². The Morgan fingerprint density at radius 1 is 0.553 bits per heavy atom. The van der Waals surface area contributed by atoms with Gasteiger partial charge in [-0.2, -0.15) is 0 Å². The number of aliphatic carboxylic acids is 1. The Morgan fingerprint density at radius 2 is 1.04 bits per heavy atom. The third kappa shape index (κ3) is 15.8. The topological polar surface area (TPSA) is 264 Å². The predicted octanol–water partition coefficient (Wildman–Crippen LogP) is 4.25. The Hall–Kier alpha value is -8.97. The van der Waals surface area contributed by atoms with Gasteiger partial charge in [-0.15, -0.1) is 11.3 Å². The molecule has 8 rings (SSSR count). The van der Waals surface area contributed by atoms with Crippen LogP contribution in [0.5, 0.6) is 0 Å². The van der Waals surface area contributed by atoms with Gasteiger partial charge in [0.25, 0.3) is 11.8 Å². The van der Waals surface area contributed by atoms with Crippen LogP contribution in [0.15, 0.2) is 157 Å². The maximum atomic E-state index is 15.0. The zero-order valence-electron chi connectivity index (χ0n) is 41.4. The molecule has 392 valence electrons. The summed E-state index contributed by atoms with van der Waals surface area (Å²) in [7, 11) is 0. The van der Waals surface area contributed by atoms with E-state index in [9.17, 15) is 48.3 Å². The van der Waals surface area contributed by atoms with Crippen LogP contribution in [0.3, 0.4) is 0 Å². The molecule has 6 aromatic rings. The van der Waals surface area contributed by atoms with Crippen molar-refractivity contribution in [3.05, 3.63) is 184 Å². The lowest BCUT2D eigenvalue weighted by atomic mass is 9.98. The van der Waals surface area contributed by atoms with Crippen molar-refractivity contribution in [3.63, 3.8) is 0 Å². The Balaban J connectivity index is 1.31. The Kier molecular flexibility index (Phi) is 19.0. The van der Waals surface area contributed by atoms with Crippen LogP contribution in [-0.2, 0) is 84.7 Å². The van der Waals surface area contributed by atoms with E-state index in [2.05, 4.69) is 31.9 Å². The number of carboxylic acid groups (broad SMARTS) is 1. The number of hydrogen-bond acceptors (Lipinski definition) is 12. The van der Waals surface area contributed by atoms with Crippen LogP contribution in [-0.4, -0.2) is 101 Å². The van der Waals surface area contributed by atoms with Crippen molar-refractivity contribution >= 4 is 70.4 Å². The monoisotopic (exact) mass is 1050 g/mol. The molecule has 2 bridgehead atoms. The average molecular weight is 1050 g/mol. The number of ether oxygens (including phenoxy) is 2. The first kappa shape index (κ1) is 54.8. The van der Waals surface area contributed by atoms with Gasteiger partial charge < -0.3 is 46.5 Å². The van der Waals surface area contributed by atoms with Crippen LogP contribution >= 0.6 is 11.3 Å². The summed E-state index contributed by atoms with van der Waals surface area (Å²) >= 11 is 1.26. The van der Waals surface area contributed by atoms with Crippen molar-refractivity contribution in [1.29, 1.82) is 0 Å². The molecule has 19 heteroatoms. The summed E-state index contributed by atoms with van der Waals surface area (Å²) in [5, 5.41) is 28.1. The Morgan fingerprint density at radius 3 is 1.58 bits per heavy atom. The highest BCUT2D eigenvalue weighted by Gasteiger charge is 2.42. The number of thiophene rings is 1. The largest absolute Gasteiger partial charge is 0.480 e. The van der Waals surface area contributed by atoms with Crippen molar-refractivity contribution in [2.45, 2.75) is 88.4 Å². The SMILES string of the molecule is CC(=O)O[C@H]1C(=O)Nc2ccc(cc2)C[C@H](C(=O)N[C@@H](Cc2ccccc2)C(=O)O)NC(=O)[C@@H](Cc2ccccc2)NC(=O)[C@H](Cc2ccc(-c3ccccc3)cc2)NC(=O)[C@@H](Cc2cccs2)NC(=O)[C@@H]1OC(C)=O. The fraction of sp³-hybridized carbons (Fsp3) is 0.246. The fourth-order valence-electron chi connectivity index (χ4n) is 8.45. The van der Waals surface area contributed by atoms with Gasteiger partial charge in [0.1, 0.15) is 30.2 Å². The molecule has 18 nitrogen and oxygen atoms in total. The minimum atomic E-state index is -2.14. The van der Waals surface area contributed by atoms with Gasteiger partial charge in [0.2, 0.25) is 35.8 Å². The quantitative estimate of drug-likeness (QED) is 0.0597. The Labute approximate surface area is 442 Å². The van der Waals surface area contributed by atoms with Crippen molar-refractivity contribution in [3.8, 4) is 11.1 Å². The summed E-state index contributed by atoms with van der Waals surface area (Å²) in [4.78, 5) is 126. The van der Waals surface area contributed by atoms with Gasteiger partial charge in [0.15, 0.2) is 0 Å². The third-order valence-corrected chi connectivity index (χ3v) is 13.1. The highest BCUT2D eigenvalue weighted by Crippen LogP contribution is 2.22. The number of anilines is 1. The molecule has 3 heterocycles. The number of hydrogen-bond donors (Lipinski definition) is 7. The van der Waals surface area contributed by atoms with E-state index in [1.54, 1.807) is 90.3 Å². The van der Waals surface area contributed by atoms with E-state index in [1.165, 1.54) is 35.6 Å². The highest BCUT2D eigenvalue weighted by molar-refractivity contribution is 7.09. The number of carbonyl (C=O) groups excluding carboxylic acids is 8. The second-order valence-electron chi connectivity index (χ2n) is 18.0. The zero-order chi connectivity index (χ0) is 54.1. The van der Waals surface area contributed by atoms with Crippen LogP contribution in [0.2, 0.25) is 0 Å². The normalized spacial score (nSPS) is 19.9. The number of nitrogens with one attached hydrogen (secondary N) is 6. The summed E-state index contributed by atoms with van der Waals surface area (Å²) < 4.78 is 10.7. The number of carbonyl (C=O) groups is 9. The average Bonchev–Trinajstić information content (AvgIpc) is 3.93. The molecule has 0 radical (unpaired) electrons. The van der Waals surface area contributed by atoms with Gasteiger partial charge >= 0.3 is 17.9 Å². The van der Waals surface area contributed by atoms with Crippen molar-refractivity contribution in [2.75, 3.05) is 5.32 Å². The molecule has 0 fully saturated rings. The molecule has 76 heavy (non-hydrogen) atoms. The maximum absolute atomic E-state index is 15.0. The van der Waals surface area contributed by atoms with Crippen molar-refractivity contribution in [1.82, 2.24) is 26.6 Å². The van der Waals surface area contributed by atoms with E-state index in [-0.39, 0.29) is 37.8 Å². The fourth-order valence-corrected chi connectivity index (χ4v) is 9.20. The van der Waals surface area contributed by atoms with E-state index >= 15 is 0 Å². The van der Waals surface area contributed by atoms with E-state index in [0.717, 1.165) is 25.0 Å². The molecule has 7 atom stereocenters. The minimum absolute atomic E-state index is 0.0896. The molecular formula is C57H56N6O12S. The second kappa shape index (κ2) is 26.3. The summed E-state index contributed by atoms with van der Waals surface area (Å²) in [6.07, 6.45) is -4.96. The summed E-state index contributed by atoms with van der Waals surface area (Å²) in [6, 6.07) is 36.2. The summed E-state index contributed by atoms with van der Waals surface area (Å²) in [5.41, 5.74) is 4.13. The number of carboxylic acids is 1. The molecule has 0 unspecified atom stereocenters. The van der Waals surface area contributed by atoms with Crippen molar-refractivity contribution < 1.29 is 57.7 Å². The van der Waals surface area contributed by atoms with Crippen LogP contribution in [0.4, 0.5) is 5.69 Å². The van der Waals surface area contributed by atoms with Crippen LogP contribution in [0, 0.1) is 0 Å². The number of benzene rings is 5. The molecular weight excluding hydrogens is 993 g/mol. The molecule has 0 saturated carbocycles. The smallest absolute Gasteiger partial charge is 0.326 e. The number of amides is 6. The first-order chi connectivity index (χ1) is 36.6. The van der Waals surface area contributed by atoms with Crippen LogP contribution < -0.4 is 31.9 Å². The molecule has 1 aromatic heterocycles. The van der Waals surface area contributed by atoms with Gasteiger partial charge in [-0.25, -0.2) is 4.79 Å². The van der Waals surface area contributed by atoms with Crippen LogP contribution in [0.1, 0.15) is 41.0 Å². The molecule has 2 aliphatic heterocycles. The standard InChI is InChI=1S/C57H56N6O12S/c1-34(64)74-49-50(75-35(2)65)56(71)62-47(33-43-19-12-28-76-43)54(69)61-45(30-38-20-24-41(25-21-38)40-17-10-5-11-18-40)52(67)59-44(29-36-13-6-3-7-14-36)51(66)60-46(31-39-22-26-42(27-23-39)58-55(49)70)53(68)63-48(57(72)73)32-37-15-8-4-9-16-37/h3-28,44-50H,29-33H2,1-2H3,(H,58,70)(H,59,67)(H,60,66)(H,61,69)(H,62,71)(H,63,68)(H,72,73)/t44-,45+,46-,47-,48+,49-,50-/m1/s1. The number of esters is 2. The Bertz CT molecular complexity index is 3000. The lowest BCUT2D eigenvalue weighted by molar-refractivity contribution is -0.173. The zero-order valence-corrected chi connectivity index (χ0v) is 42.3. The molecule has 6 amide bonds. The molecule has 5 aromatic carbocycles. The van der Waals surface area contributed by atoms with Gasteiger partial charge in [-0.05, 0) is 57.0 Å². The molecule has 7 N–H and O–H groups in total. The first-order valence-electron chi connectivity index (χ1n) is 24.3. The predicted molar refractivity (Wildman–Crippen MR) is 281 cm³/mol. The van der Waals surface area contributed by atoms with Gasteiger partial charge in [0, 0.05) is 56.5 Å². The van der Waals surface area contributed by atoms with Crippen LogP contribution in [0.25, 0.3) is 11.1 Å². The van der Waals surface area contributed by atoms with Gasteiger partial charge in [-0.1, -0.05) is 133 Å². The van der Waals surface area contributed by atoms with Gasteiger partial charge in [0.05, 0.1) is 0 Å². The lowest BCUT2D eigenvalue weighted by Gasteiger charge is -2.28. The minimum Gasteiger partial charge on any atom is -0.480 e. The third-order valence-electron chi connectivity index (χ3n) is 12.2. The second-order valence-corrected chi connectivity index (χ2v) is 19.1.